The van der Waals surface area contributed by atoms with Gasteiger partial charge in [0, 0.05) is 5.56 Å². The lowest BCUT2D eigenvalue weighted by molar-refractivity contribution is 0.0695. The molecule has 0 amide bonds. The molecule has 0 saturated heterocycles. The van der Waals surface area contributed by atoms with Crippen LogP contribution < -0.4 is 11.3 Å². The smallest absolute Gasteiger partial charge is 0.342 e. The number of carboxylic acid groups (broad SMARTS) is 2. The first-order chi connectivity index (χ1) is 11.9. The van der Waals surface area contributed by atoms with Crippen molar-refractivity contribution < 1.29 is 19.8 Å². The Morgan fingerprint density at radius 3 is 2.16 bits per heavy atom. The van der Waals surface area contributed by atoms with Gasteiger partial charge in [0.1, 0.15) is 16.9 Å². The van der Waals surface area contributed by atoms with E-state index in [2.05, 4.69) is 11.9 Å². The second-order valence-electron chi connectivity index (χ2n) is 5.76. The number of pyridine rings is 1. The fourth-order valence-corrected chi connectivity index (χ4v) is 2.75. The molecule has 0 radical (unpaired) electrons. The van der Waals surface area contributed by atoms with Crippen LogP contribution in [0.3, 0.4) is 0 Å². The van der Waals surface area contributed by atoms with Crippen LogP contribution in [-0.4, -0.2) is 27.1 Å². The number of aromatic carboxylic acids is 2. The number of carboxylic acids is 2. The maximum atomic E-state index is 12.0. The van der Waals surface area contributed by atoms with Crippen molar-refractivity contribution in [3.8, 4) is 11.1 Å². The quantitative estimate of drug-likeness (QED) is 0.571. The Morgan fingerprint density at radius 2 is 1.64 bits per heavy atom. The number of anilines is 1. The van der Waals surface area contributed by atoms with E-state index in [9.17, 15) is 24.6 Å². The number of aromatic nitrogens is 1. The first kappa shape index (κ1) is 18.3. The number of rotatable bonds is 7. The van der Waals surface area contributed by atoms with Gasteiger partial charge in [0.25, 0.3) is 5.56 Å². The molecule has 2 aromatic rings. The molecule has 7 heteroatoms. The van der Waals surface area contributed by atoms with Crippen molar-refractivity contribution in [3.63, 3.8) is 0 Å². The number of benzene rings is 1. The third-order valence-corrected chi connectivity index (χ3v) is 3.98. The van der Waals surface area contributed by atoms with Gasteiger partial charge < -0.3 is 20.9 Å². The van der Waals surface area contributed by atoms with Crippen LogP contribution in [0.15, 0.2) is 29.1 Å². The summed E-state index contributed by atoms with van der Waals surface area (Å²) in [5.74, 6) is -3.28. The van der Waals surface area contributed by atoms with Crippen molar-refractivity contribution >= 4 is 17.8 Å². The topological polar surface area (TPSA) is 133 Å². The van der Waals surface area contributed by atoms with Gasteiger partial charge in [-0.05, 0) is 24.0 Å². The summed E-state index contributed by atoms with van der Waals surface area (Å²) in [5.41, 5.74) is 4.83. The average molecular weight is 344 g/mol. The van der Waals surface area contributed by atoms with Gasteiger partial charge in [-0.2, -0.15) is 0 Å². The zero-order valence-corrected chi connectivity index (χ0v) is 13.8. The van der Waals surface area contributed by atoms with Crippen molar-refractivity contribution in [2.75, 3.05) is 5.73 Å². The molecule has 0 aliphatic heterocycles. The predicted molar refractivity (Wildman–Crippen MR) is 94.1 cm³/mol. The number of nitrogens with two attached hydrogens (primary N) is 1. The highest BCUT2D eigenvalue weighted by atomic mass is 16.4. The molecule has 132 valence electrons. The number of aryl methyl sites for hydroxylation is 1. The van der Waals surface area contributed by atoms with Crippen LogP contribution in [0, 0.1) is 0 Å². The highest BCUT2D eigenvalue weighted by molar-refractivity contribution is 6.07. The Hall–Kier alpha value is -3.09. The minimum absolute atomic E-state index is 0.179. The van der Waals surface area contributed by atoms with Gasteiger partial charge in [-0.15, -0.1) is 0 Å². The van der Waals surface area contributed by atoms with Crippen LogP contribution in [0.5, 0.6) is 0 Å². The zero-order chi connectivity index (χ0) is 18.6. The Balaban J connectivity index is 2.59. The molecule has 25 heavy (non-hydrogen) atoms. The number of carbonyl (C=O) groups is 2. The maximum Gasteiger partial charge on any atom is 0.342 e. The largest absolute Gasteiger partial charge is 0.478 e. The maximum absolute atomic E-state index is 12.0. The SMILES string of the molecule is CCCCCc1ccc(-c2c(C(=O)O)c(N)[nH]c(=O)c2C(=O)O)cc1. The minimum Gasteiger partial charge on any atom is -0.478 e. The van der Waals surface area contributed by atoms with Gasteiger partial charge in [-0.3, -0.25) is 4.79 Å². The van der Waals surface area contributed by atoms with E-state index in [4.69, 9.17) is 5.73 Å². The lowest BCUT2D eigenvalue weighted by Crippen LogP contribution is -2.24. The summed E-state index contributed by atoms with van der Waals surface area (Å²) < 4.78 is 0. The highest BCUT2D eigenvalue weighted by Gasteiger charge is 2.26. The normalized spacial score (nSPS) is 10.6. The molecule has 1 aromatic carbocycles. The highest BCUT2D eigenvalue weighted by Crippen LogP contribution is 2.29. The van der Waals surface area contributed by atoms with Gasteiger partial charge in [-0.1, -0.05) is 44.0 Å². The molecular formula is C18H20N2O5. The number of aromatic amines is 1. The Bertz CT molecular complexity index is 853. The summed E-state index contributed by atoms with van der Waals surface area (Å²) in [6, 6.07) is 6.85. The van der Waals surface area contributed by atoms with E-state index in [0.29, 0.717) is 5.56 Å². The van der Waals surface area contributed by atoms with Crippen molar-refractivity contribution in [3.05, 3.63) is 51.3 Å². The number of hydrogen-bond donors (Lipinski definition) is 4. The number of H-pyrrole nitrogens is 1. The van der Waals surface area contributed by atoms with Gasteiger partial charge in [0.2, 0.25) is 0 Å². The first-order valence-corrected chi connectivity index (χ1v) is 7.98. The molecule has 2 rings (SSSR count). The van der Waals surface area contributed by atoms with Gasteiger partial charge >= 0.3 is 11.9 Å². The van der Waals surface area contributed by atoms with E-state index < -0.39 is 28.6 Å². The Morgan fingerprint density at radius 1 is 1.04 bits per heavy atom. The van der Waals surface area contributed by atoms with E-state index in [1.165, 1.54) is 0 Å². The lowest BCUT2D eigenvalue weighted by atomic mass is 9.94. The summed E-state index contributed by atoms with van der Waals surface area (Å²) in [7, 11) is 0. The number of nitrogen functional groups attached to an aromatic ring is 1. The predicted octanol–water partition coefficient (Wildman–Crippen LogP) is 2.75. The van der Waals surface area contributed by atoms with Gasteiger partial charge in [0.05, 0.1) is 0 Å². The first-order valence-electron chi connectivity index (χ1n) is 7.98. The molecule has 0 saturated carbocycles. The summed E-state index contributed by atoms with van der Waals surface area (Å²) in [4.78, 5) is 37.1. The molecule has 0 aliphatic rings. The molecule has 0 spiro atoms. The molecule has 7 nitrogen and oxygen atoms in total. The molecule has 1 aromatic heterocycles. The lowest BCUT2D eigenvalue weighted by Gasteiger charge is -2.12. The van der Waals surface area contributed by atoms with Crippen LogP contribution in [-0.2, 0) is 6.42 Å². The molecular weight excluding hydrogens is 324 g/mol. The standard InChI is InChI=1S/C18H20N2O5/c1-2-3-4-5-10-6-8-11(9-7-10)12-13(17(22)23)15(19)20-16(21)14(12)18(24)25/h6-9H,2-5H2,1H3,(H,22,23)(H,24,25)(H3,19,20,21). The summed E-state index contributed by atoms with van der Waals surface area (Å²) in [5, 5.41) is 18.8. The molecule has 0 aliphatic carbocycles. The zero-order valence-electron chi connectivity index (χ0n) is 13.8. The second kappa shape index (κ2) is 7.65. The molecule has 5 N–H and O–H groups in total. The van der Waals surface area contributed by atoms with Crippen LogP contribution in [0.25, 0.3) is 11.1 Å². The van der Waals surface area contributed by atoms with Crippen molar-refractivity contribution in [2.45, 2.75) is 32.6 Å². The third kappa shape index (κ3) is 3.88. The van der Waals surface area contributed by atoms with E-state index in [-0.39, 0.29) is 11.4 Å². The van der Waals surface area contributed by atoms with Crippen LogP contribution >= 0.6 is 0 Å². The van der Waals surface area contributed by atoms with Crippen LogP contribution in [0.1, 0.15) is 52.5 Å². The molecule has 1 heterocycles. The number of hydrogen-bond acceptors (Lipinski definition) is 4. The Labute approximate surface area is 144 Å². The summed E-state index contributed by atoms with van der Waals surface area (Å²) >= 11 is 0. The van der Waals surface area contributed by atoms with E-state index in [1.54, 1.807) is 24.3 Å². The fourth-order valence-electron chi connectivity index (χ4n) is 2.75. The summed E-state index contributed by atoms with van der Waals surface area (Å²) in [6.45, 7) is 2.11. The Kier molecular flexibility index (Phi) is 5.59. The van der Waals surface area contributed by atoms with Crippen LogP contribution in [0.4, 0.5) is 5.82 Å². The van der Waals surface area contributed by atoms with Gasteiger partial charge in [0.15, 0.2) is 0 Å². The second-order valence-corrected chi connectivity index (χ2v) is 5.76. The van der Waals surface area contributed by atoms with E-state index in [1.807, 2.05) is 0 Å². The summed E-state index contributed by atoms with van der Waals surface area (Å²) in [6.07, 6.45) is 4.13. The van der Waals surface area contributed by atoms with Crippen LogP contribution in [0.2, 0.25) is 0 Å². The van der Waals surface area contributed by atoms with Crippen molar-refractivity contribution in [1.29, 1.82) is 0 Å². The van der Waals surface area contributed by atoms with Crippen molar-refractivity contribution in [2.24, 2.45) is 0 Å². The monoisotopic (exact) mass is 344 g/mol. The molecule has 0 bridgehead atoms. The third-order valence-electron chi connectivity index (χ3n) is 3.98. The van der Waals surface area contributed by atoms with E-state index >= 15 is 0 Å². The average Bonchev–Trinajstić information content (AvgIpc) is 2.54. The number of nitrogens with one attached hydrogen (secondary N) is 1. The van der Waals surface area contributed by atoms with Gasteiger partial charge in [-0.25, -0.2) is 9.59 Å². The minimum atomic E-state index is -1.51. The molecule has 0 atom stereocenters. The van der Waals surface area contributed by atoms with Crippen molar-refractivity contribution in [1.82, 2.24) is 4.98 Å². The fraction of sp³-hybridized carbons (Fsp3) is 0.278. The van der Waals surface area contributed by atoms with E-state index in [0.717, 1.165) is 31.2 Å². The molecule has 0 fully saturated rings. The molecule has 0 unspecified atom stereocenters. The number of unbranched alkanes of at least 4 members (excludes halogenated alkanes) is 2.